The molecule has 1 saturated heterocycles. The van der Waals surface area contributed by atoms with E-state index in [-0.39, 0.29) is 23.8 Å². The van der Waals surface area contributed by atoms with Gasteiger partial charge >= 0.3 is 0 Å². The van der Waals surface area contributed by atoms with E-state index in [0.29, 0.717) is 18.4 Å². The minimum atomic E-state index is -3.62. The van der Waals surface area contributed by atoms with Crippen LogP contribution in [0.4, 0.5) is 0 Å². The van der Waals surface area contributed by atoms with Gasteiger partial charge in [-0.25, -0.2) is 13.1 Å². The van der Waals surface area contributed by atoms with Crippen LogP contribution in [0.15, 0.2) is 29.2 Å². The van der Waals surface area contributed by atoms with Gasteiger partial charge in [0, 0.05) is 32.1 Å². The van der Waals surface area contributed by atoms with Crippen molar-refractivity contribution in [2.45, 2.75) is 37.1 Å². The summed E-state index contributed by atoms with van der Waals surface area (Å²) >= 11 is 0. The lowest BCUT2D eigenvalue weighted by atomic mass is 10.1. The van der Waals surface area contributed by atoms with Crippen LogP contribution in [0.5, 0.6) is 5.75 Å². The first-order chi connectivity index (χ1) is 12.0. The normalized spacial score (nSPS) is 16.0. The molecule has 0 spiro atoms. The summed E-state index contributed by atoms with van der Waals surface area (Å²) < 4.78 is 32.3. The molecule has 0 unspecified atom stereocenters. The zero-order valence-electron chi connectivity index (χ0n) is 14.8. The molecule has 1 aliphatic rings. The van der Waals surface area contributed by atoms with Gasteiger partial charge in [-0.2, -0.15) is 0 Å². The molecule has 2 rings (SSSR count). The van der Waals surface area contributed by atoms with E-state index in [2.05, 4.69) is 10.0 Å². The van der Waals surface area contributed by atoms with E-state index in [1.54, 1.807) is 17.0 Å². The van der Waals surface area contributed by atoms with Gasteiger partial charge in [-0.05, 0) is 51.1 Å². The molecule has 1 aromatic rings. The van der Waals surface area contributed by atoms with Crippen molar-refractivity contribution in [1.82, 2.24) is 14.9 Å². The second-order valence-corrected chi connectivity index (χ2v) is 7.76. The number of piperidine rings is 1. The number of sulfonamides is 1. The van der Waals surface area contributed by atoms with Crippen LogP contribution < -0.4 is 14.8 Å². The first-order valence-corrected chi connectivity index (χ1v) is 10.1. The molecule has 0 aliphatic carbocycles. The van der Waals surface area contributed by atoms with Gasteiger partial charge < -0.3 is 15.0 Å². The predicted molar refractivity (Wildman–Crippen MR) is 96.1 cm³/mol. The highest BCUT2D eigenvalue weighted by molar-refractivity contribution is 7.89. The maximum atomic E-state index is 12.3. The molecule has 0 bridgehead atoms. The predicted octanol–water partition coefficient (Wildman–Crippen LogP) is 0.964. The van der Waals surface area contributed by atoms with Gasteiger partial charge in [-0.1, -0.05) is 0 Å². The van der Waals surface area contributed by atoms with Gasteiger partial charge in [0.15, 0.2) is 0 Å². The third kappa shape index (κ3) is 5.69. The van der Waals surface area contributed by atoms with Gasteiger partial charge in [0.25, 0.3) is 0 Å². The summed E-state index contributed by atoms with van der Waals surface area (Å²) in [5.41, 5.74) is 0. The number of benzene rings is 1. The Balaban J connectivity index is 1.80. The fraction of sp³-hybridized carbons (Fsp3) is 0.588. The average molecular weight is 369 g/mol. The molecule has 25 heavy (non-hydrogen) atoms. The van der Waals surface area contributed by atoms with E-state index in [4.69, 9.17) is 4.74 Å². The standard InChI is InChI=1S/C17H27N3O4S/c1-3-24-15-4-6-16(7-5-15)25(22,23)19-11-8-17(21)20-12-9-14(18-2)10-13-20/h4-7,14,18-19H,3,8-13H2,1-2H3. The number of nitrogens with one attached hydrogen (secondary N) is 2. The Morgan fingerprint density at radius 2 is 1.88 bits per heavy atom. The first kappa shape index (κ1) is 19.7. The second kappa shape index (κ2) is 9.17. The van der Waals surface area contributed by atoms with Crippen LogP contribution in [0.1, 0.15) is 26.2 Å². The molecular formula is C17H27N3O4S. The van der Waals surface area contributed by atoms with E-state index in [1.807, 2.05) is 14.0 Å². The summed E-state index contributed by atoms with van der Waals surface area (Å²) in [4.78, 5) is 14.2. The summed E-state index contributed by atoms with van der Waals surface area (Å²) in [6.07, 6.45) is 2.03. The molecule has 1 heterocycles. The molecule has 1 aromatic carbocycles. The Morgan fingerprint density at radius 3 is 2.44 bits per heavy atom. The number of carbonyl (C=O) groups is 1. The monoisotopic (exact) mass is 369 g/mol. The number of hydrogen-bond donors (Lipinski definition) is 2. The minimum Gasteiger partial charge on any atom is -0.494 e. The molecule has 2 N–H and O–H groups in total. The number of amides is 1. The lowest BCUT2D eigenvalue weighted by Gasteiger charge is -2.31. The highest BCUT2D eigenvalue weighted by Crippen LogP contribution is 2.16. The fourth-order valence-electron chi connectivity index (χ4n) is 2.83. The van der Waals surface area contributed by atoms with Crippen LogP contribution in [0.25, 0.3) is 0 Å². The summed E-state index contributed by atoms with van der Waals surface area (Å²) in [6.45, 7) is 3.93. The van der Waals surface area contributed by atoms with Crippen molar-refractivity contribution in [2.24, 2.45) is 0 Å². The molecule has 0 radical (unpaired) electrons. The summed E-state index contributed by atoms with van der Waals surface area (Å²) in [7, 11) is -1.69. The number of carbonyl (C=O) groups excluding carboxylic acids is 1. The second-order valence-electron chi connectivity index (χ2n) is 6.00. The Hall–Kier alpha value is -1.64. The maximum Gasteiger partial charge on any atom is 0.240 e. The third-order valence-corrected chi connectivity index (χ3v) is 5.81. The van der Waals surface area contributed by atoms with Crippen LogP contribution >= 0.6 is 0 Å². The molecule has 8 heteroatoms. The summed E-state index contributed by atoms with van der Waals surface area (Å²) in [5, 5.41) is 3.22. The summed E-state index contributed by atoms with van der Waals surface area (Å²) in [5.74, 6) is 0.616. The van der Waals surface area contributed by atoms with Crippen molar-refractivity contribution < 1.29 is 17.9 Å². The van der Waals surface area contributed by atoms with Gasteiger partial charge in [0.1, 0.15) is 5.75 Å². The van der Waals surface area contributed by atoms with Crippen molar-refractivity contribution in [3.05, 3.63) is 24.3 Å². The molecule has 0 atom stereocenters. The number of likely N-dealkylation sites (tertiary alicyclic amines) is 1. The number of ether oxygens (including phenoxy) is 1. The van der Waals surface area contributed by atoms with E-state index >= 15 is 0 Å². The smallest absolute Gasteiger partial charge is 0.240 e. The van der Waals surface area contributed by atoms with Crippen LogP contribution in [0.3, 0.4) is 0 Å². The van der Waals surface area contributed by atoms with Crippen LogP contribution in [-0.4, -0.2) is 58.6 Å². The van der Waals surface area contributed by atoms with Crippen molar-refractivity contribution >= 4 is 15.9 Å². The molecule has 0 aromatic heterocycles. The van der Waals surface area contributed by atoms with Gasteiger partial charge in [0.05, 0.1) is 11.5 Å². The minimum absolute atomic E-state index is 0.0102. The third-order valence-electron chi connectivity index (χ3n) is 4.33. The van der Waals surface area contributed by atoms with Crippen molar-refractivity contribution in [3.8, 4) is 5.75 Å². The van der Waals surface area contributed by atoms with E-state index in [9.17, 15) is 13.2 Å². The van der Waals surface area contributed by atoms with Crippen LogP contribution in [0, 0.1) is 0 Å². The molecule has 0 saturated carbocycles. The lowest BCUT2D eigenvalue weighted by Crippen LogP contribution is -2.44. The first-order valence-electron chi connectivity index (χ1n) is 8.64. The van der Waals surface area contributed by atoms with Crippen LogP contribution in [0.2, 0.25) is 0 Å². The van der Waals surface area contributed by atoms with Crippen molar-refractivity contribution in [2.75, 3.05) is 33.3 Å². The van der Waals surface area contributed by atoms with E-state index in [1.165, 1.54) is 12.1 Å². The molecule has 1 amide bonds. The Morgan fingerprint density at radius 1 is 1.24 bits per heavy atom. The molecule has 1 aliphatic heterocycles. The maximum absolute atomic E-state index is 12.3. The van der Waals surface area contributed by atoms with E-state index < -0.39 is 10.0 Å². The highest BCUT2D eigenvalue weighted by atomic mass is 32.2. The number of rotatable bonds is 8. The average Bonchev–Trinajstić information content (AvgIpc) is 2.62. The Bertz CT molecular complexity index is 653. The Kier molecular flexibility index (Phi) is 7.22. The largest absolute Gasteiger partial charge is 0.494 e. The lowest BCUT2D eigenvalue weighted by molar-refractivity contribution is -0.132. The Labute approximate surface area is 149 Å². The molecule has 7 nitrogen and oxygen atoms in total. The van der Waals surface area contributed by atoms with Crippen LogP contribution in [-0.2, 0) is 14.8 Å². The zero-order valence-corrected chi connectivity index (χ0v) is 15.6. The highest BCUT2D eigenvalue weighted by Gasteiger charge is 2.22. The van der Waals surface area contributed by atoms with Gasteiger partial charge in [0.2, 0.25) is 15.9 Å². The van der Waals surface area contributed by atoms with Gasteiger partial charge in [-0.15, -0.1) is 0 Å². The number of nitrogens with zero attached hydrogens (tertiary/aromatic N) is 1. The van der Waals surface area contributed by atoms with E-state index in [0.717, 1.165) is 25.9 Å². The summed E-state index contributed by atoms with van der Waals surface area (Å²) in [6, 6.07) is 6.70. The van der Waals surface area contributed by atoms with Gasteiger partial charge in [-0.3, -0.25) is 4.79 Å². The zero-order chi connectivity index (χ0) is 18.3. The molecule has 140 valence electrons. The molecule has 1 fully saturated rings. The topological polar surface area (TPSA) is 87.7 Å². The quantitative estimate of drug-likeness (QED) is 0.713. The number of hydrogen-bond acceptors (Lipinski definition) is 5. The SMILES string of the molecule is CCOc1ccc(S(=O)(=O)NCCC(=O)N2CCC(NC)CC2)cc1. The molecular weight excluding hydrogens is 342 g/mol. The van der Waals surface area contributed by atoms with Crippen molar-refractivity contribution in [3.63, 3.8) is 0 Å². The fourth-order valence-corrected chi connectivity index (χ4v) is 3.86. The van der Waals surface area contributed by atoms with Crippen molar-refractivity contribution in [1.29, 1.82) is 0 Å².